The maximum Gasteiger partial charge on any atom is 0.253 e. The van der Waals surface area contributed by atoms with Gasteiger partial charge in [0.25, 0.3) is 5.91 Å². The Morgan fingerprint density at radius 1 is 1.41 bits per heavy atom. The van der Waals surface area contributed by atoms with Crippen molar-refractivity contribution in [1.29, 1.82) is 0 Å². The summed E-state index contributed by atoms with van der Waals surface area (Å²) in [6, 6.07) is 9.06. The number of hydrogen-bond acceptors (Lipinski definition) is 4. The first-order valence-corrected chi connectivity index (χ1v) is 5.33. The molecule has 94 valence electrons. The lowest BCUT2D eigenvalue weighted by atomic mass is 10.1. The van der Waals surface area contributed by atoms with E-state index in [0.29, 0.717) is 0 Å². The fraction of sp³-hybridized carbons (Fsp3) is 0.417. The third-order valence-corrected chi connectivity index (χ3v) is 2.30. The van der Waals surface area contributed by atoms with Crippen LogP contribution in [0.15, 0.2) is 30.3 Å². The lowest BCUT2D eigenvalue weighted by Crippen LogP contribution is -2.37. The number of benzene rings is 1. The molecular formula is C12H17NO4. The highest BCUT2D eigenvalue weighted by Crippen LogP contribution is 2.15. The second kappa shape index (κ2) is 7.01. The molecule has 5 heteroatoms. The maximum absolute atomic E-state index is 11.8. The second-order valence-electron chi connectivity index (χ2n) is 3.61. The van der Waals surface area contributed by atoms with E-state index in [9.17, 15) is 4.79 Å². The van der Waals surface area contributed by atoms with Crippen molar-refractivity contribution in [3.05, 3.63) is 35.9 Å². The molecule has 0 fully saturated rings. The Hall–Kier alpha value is -1.43. The first-order chi connectivity index (χ1) is 8.19. The van der Waals surface area contributed by atoms with Gasteiger partial charge in [0.2, 0.25) is 0 Å². The number of rotatable bonds is 6. The minimum atomic E-state index is -0.952. The third kappa shape index (κ3) is 4.14. The first kappa shape index (κ1) is 13.6. The highest BCUT2D eigenvalue weighted by molar-refractivity contribution is 5.82. The average molecular weight is 239 g/mol. The summed E-state index contributed by atoms with van der Waals surface area (Å²) in [5.74, 6) is -0.341. The molecule has 0 saturated carbocycles. The van der Waals surface area contributed by atoms with Gasteiger partial charge in [0.15, 0.2) is 6.10 Å². The van der Waals surface area contributed by atoms with Crippen LogP contribution in [0.4, 0.5) is 0 Å². The molecule has 0 bridgehead atoms. The minimum absolute atomic E-state index is 0.00201. The van der Waals surface area contributed by atoms with Crippen LogP contribution in [0.25, 0.3) is 0 Å². The standard InChI is InChI=1S/C12H17NO4/c1-17-11(9-5-3-2-4-6-9)12(16)13-7-10(15)8-14/h2-6,10-11,14-15H,7-8H2,1H3,(H,13,16). The molecule has 0 aliphatic rings. The molecular weight excluding hydrogens is 222 g/mol. The summed E-state index contributed by atoms with van der Waals surface area (Å²) in [5, 5.41) is 20.3. The molecule has 2 unspecified atom stereocenters. The zero-order chi connectivity index (χ0) is 12.7. The second-order valence-corrected chi connectivity index (χ2v) is 3.61. The topological polar surface area (TPSA) is 78.8 Å². The van der Waals surface area contributed by atoms with E-state index in [1.54, 1.807) is 12.1 Å². The predicted octanol–water partition coefficient (Wildman–Crippen LogP) is -0.157. The van der Waals surface area contributed by atoms with Crippen LogP contribution in [0, 0.1) is 0 Å². The molecule has 3 N–H and O–H groups in total. The van der Waals surface area contributed by atoms with Gasteiger partial charge in [-0.25, -0.2) is 0 Å². The third-order valence-electron chi connectivity index (χ3n) is 2.30. The van der Waals surface area contributed by atoms with E-state index in [2.05, 4.69) is 5.32 Å². The Labute approximate surface area is 100 Å². The van der Waals surface area contributed by atoms with Crippen molar-refractivity contribution in [2.75, 3.05) is 20.3 Å². The Morgan fingerprint density at radius 3 is 2.59 bits per heavy atom. The highest BCUT2D eigenvalue weighted by atomic mass is 16.5. The molecule has 1 rings (SSSR count). The molecule has 0 heterocycles. The van der Waals surface area contributed by atoms with Crippen molar-refractivity contribution >= 4 is 5.91 Å². The van der Waals surface area contributed by atoms with E-state index < -0.39 is 12.2 Å². The fourth-order valence-corrected chi connectivity index (χ4v) is 1.40. The van der Waals surface area contributed by atoms with Crippen molar-refractivity contribution in [3.63, 3.8) is 0 Å². The molecule has 0 aliphatic carbocycles. The summed E-state index contributed by atoms with van der Waals surface area (Å²) in [6.07, 6.45) is -1.66. The van der Waals surface area contributed by atoms with Crippen molar-refractivity contribution < 1.29 is 19.7 Å². The summed E-state index contributed by atoms with van der Waals surface area (Å²) in [6.45, 7) is -0.384. The molecule has 0 aliphatic heterocycles. The van der Waals surface area contributed by atoms with Gasteiger partial charge in [-0.05, 0) is 5.56 Å². The van der Waals surface area contributed by atoms with Crippen LogP contribution in [0.5, 0.6) is 0 Å². The Morgan fingerprint density at radius 2 is 2.06 bits per heavy atom. The van der Waals surface area contributed by atoms with Gasteiger partial charge in [-0.1, -0.05) is 30.3 Å². The summed E-state index contributed by atoms with van der Waals surface area (Å²) < 4.78 is 5.11. The van der Waals surface area contributed by atoms with Crippen molar-refractivity contribution in [2.24, 2.45) is 0 Å². The lowest BCUT2D eigenvalue weighted by molar-refractivity contribution is -0.132. The van der Waals surface area contributed by atoms with Crippen LogP contribution in [0.1, 0.15) is 11.7 Å². The van der Waals surface area contributed by atoms with Gasteiger partial charge in [0.05, 0.1) is 12.7 Å². The number of ether oxygens (including phenoxy) is 1. The molecule has 1 aromatic rings. The molecule has 2 atom stereocenters. The monoisotopic (exact) mass is 239 g/mol. The number of amides is 1. The van der Waals surface area contributed by atoms with Crippen LogP contribution in [-0.4, -0.2) is 42.5 Å². The Balaban J connectivity index is 2.59. The lowest BCUT2D eigenvalue weighted by Gasteiger charge is -2.16. The summed E-state index contributed by atoms with van der Waals surface area (Å²) in [4.78, 5) is 11.8. The van der Waals surface area contributed by atoms with Crippen LogP contribution < -0.4 is 5.32 Å². The van der Waals surface area contributed by atoms with Crippen LogP contribution in [-0.2, 0) is 9.53 Å². The Kier molecular flexibility index (Phi) is 5.62. The molecule has 0 radical (unpaired) electrons. The van der Waals surface area contributed by atoms with Crippen LogP contribution in [0.3, 0.4) is 0 Å². The maximum atomic E-state index is 11.8. The van der Waals surface area contributed by atoms with Gasteiger partial charge in [0.1, 0.15) is 0 Å². The molecule has 17 heavy (non-hydrogen) atoms. The highest BCUT2D eigenvalue weighted by Gasteiger charge is 2.19. The minimum Gasteiger partial charge on any atom is -0.394 e. The van der Waals surface area contributed by atoms with E-state index in [1.165, 1.54) is 7.11 Å². The first-order valence-electron chi connectivity index (χ1n) is 5.33. The van der Waals surface area contributed by atoms with Crippen molar-refractivity contribution in [2.45, 2.75) is 12.2 Å². The molecule has 0 aromatic heterocycles. The SMILES string of the molecule is COC(C(=O)NCC(O)CO)c1ccccc1. The summed E-state index contributed by atoms with van der Waals surface area (Å²) >= 11 is 0. The fourth-order valence-electron chi connectivity index (χ4n) is 1.40. The molecule has 5 nitrogen and oxygen atoms in total. The van der Waals surface area contributed by atoms with Crippen LogP contribution in [0.2, 0.25) is 0 Å². The molecule has 1 amide bonds. The molecule has 1 aromatic carbocycles. The van der Waals surface area contributed by atoms with E-state index >= 15 is 0 Å². The number of carbonyl (C=O) groups excluding carboxylic acids is 1. The number of nitrogens with one attached hydrogen (secondary N) is 1. The van der Waals surface area contributed by atoms with Crippen LogP contribution >= 0.6 is 0 Å². The van der Waals surface area contributed by atoms with Gasteiger partial charge in [-0.3, -0.25) is 4.79 Å². The number of hydrogen-bond donors (Lipinski definition) is 3. The van der Waals surface area contributed by atoms with E-state index in [4.69, 9.17) is 14.9 Å². The van der Waals surface area contributed by atoms with Gasteiger partial charge >= 0.3 is 0 Å². The number of carbonyl (C=O) groups is 1. The summed E-state index contributed by atoms with van der Waals surface area (Å²) in [5.41, 5.74) is 0.742. The quantitative estimate of drug-likeness (QED) is 0.644. The molecule has 0 spiro atoms. The zero-order valence-electron chi connectivity index (χ0n) is 9.67. The predicted molar refractivity (Wildman–Crippen MR) is 62.3 cm³/mol. The van der Waals surface area contributed by atoms with Crippen molar-refractivity contribution in [3.8, 4) is 0 Å². The van der Waals surface area contributed by atoms with Gasteiger partial charge in [-0.2, -0.15) is 0 Å². The molecule has 0 saturated heterocycles. The van der Waals surface area contributed by atoms with Crippen molar-refractivity contribution in [1.82, 2.24) is 5.32 Å². The van der Waals surface area contributed by atoms with E-state index in [1.807, 2.05) is 18.2 Å². The average Bonchev–Trinajstić information content (AvgIpc) is 2.38. The van der Waals surface area contributed by atoms with E-state index in [0.717, 1.165) is 5.56 Å². The normalized spacial score (nSPS) is 14.1. The smallest absolute Gasteiger partial charge is 0.253 e. The largest absolute Gasteiger partial charge is 0.394 e. The number of aliphatic hydroxyl groups excluding tert-OH is 2. The van der Waals surface area contributed by atoms with Gasteiger partial charge in [-0.15, -0.1) is 0 Å². The summed E-state index contributed by atoms with van der Waals surface area (Å²) in [7, 11) is 1.44. The van der Waals surface area contributed by atoms with E-state index in [-0.39, 0.29) is 19.1 Å². The van der Waals surface area contributed by atoms with Gasteiger partial charge < -0.3 is 20.3 Å². The zero-order valence-corrected chi connectivity index (χ0v) is 9.67. The number of aliphatic hydroxyl groups is 2. The Bertz CT molecular complexity index is 342. The van der Waals surface area contributed by atoms with Gasteiger partial charge in [0, 0.05) is 13.7 Å². The number of methoxy groups -OCH3 is 1.